The summed E-state index contributed by atoms with van der Waals surface area (Å²) in [5.41, 5.74) is 1.93. The molecule has 1 heterocycles. The van der Waals surface area contributed by atoms with Crippen LogP contribution >= 0.6 is 0 Å². The predicted molar refractivity (Wildman–Crippen MR) is 75.7 cm³/mol. The van der Waals surface area contributed by atoms with Crippen molar-refractivity contribution >= 4 is 5.97 Å². The lowest BCUT2D eigenvalue weighted by atomic mass is 9.97. The van der Waals surface area contributed by atoms with Gasteiger partial charge in [0.1, 0.15) is 6.61 Å². The number of esters is 1. The molecule has 1 atom stereocenters. The average Bonchev–Trinajstić information content (AvgIpc) is 2.89. The number of hydrogen-bond donors (Lipinski definition) is 1. The van der Waals surface area contributed by atoms with Crippen molar-refractivity contribution in [1.82, 2.24) is 5.32 Å². The molecular weight excluding hydrogens is 238 g/mol. The first-order chi connectivity index (χ1) is 8.97. The Labute approximate surface area is 115 Å². The maximum absolute atomic E-state index is 11.7. The van der Waals surface area contributed by atoms with Gasteiger partial charge in [-0.05, 0) is 51.3 Å². The van der Waals surface area contributed by atoms with Crippen molar-refractivity contribution in [3.63, 3.8) is 0 Å². The quantitative estimate of drug-likeness (QED) is 0.849. The topological polar surface area (TPSA) is 38.3 Å². The van der Waals surface area contributed by atoms with Crippen molar-refractivity contribution in [2.24, 2.45) is 5.41 Å². The first kappa shape index (κ1) is 14.1. The minimum absolute atomic E-state index is 0.158. The van der Waals surface area contributed by atoms with Crippen molar-refractivity contribution in [3.8, 4) is 0 Å². The van der Waals surface area contributed by atoms with Gasteiger partial charge in [-0.3, -0.25) is 4.79 Å². The summed E-state index contributed by atoms with van der Waals surface area (Å²) in [6.45, 7) is 7.06. The molecule has 104 valence electrons. The van der Waals surface area contributed by atoms with Crippen molar-refractivity contribution in [1.29, 1.82) is 0 Å². The molecule has 0 radical (unpaired) electrons. The third-order valence-electron chi connectivity index (χ3n) is 3.42. The molecular formula is C16H23NO2. The van der Waals surface area contributed by atoms with Gasteiger partial charge in [-0.2, -0.15) is 0 Å². The number of carbonyl (C=O) groups excluding carboxylic acids is 1. The van der Waals surface area contributed by atoms with Gasteiger partial charge >= 0.3 is 5.97 Å². The number of hydrogen-bond acceptors (Lipinski definition) is 3. The van der Waals surface area contributed by atoms with Gasteiger partial charge in [0, 0.05) is 6.04 Å². The van der Waals surface area contributed by atoms with E-state index >= 15 is 0 Å². The number of benzene rings is 1. The van der Waals surface area contributed by atoms with Crippen LogP contribution in [-0.2, 0) is 16.1 Å². The second-order valence-corrected chi connectivity index (χ2v) is 6.22. The molecule has 1 aromatic rings. The molecule has 1 N–H and O–H groups in total. The van der Waals surface area contributed by atoms with E-state index < -0.39 is 5.41 Å². The zero-order chi connectivity index (χ0) is 13.9. The summed E-state index contributed by atoms with van der Waals surface area (Å²) in [5, 5.41) is 3.48. The number of rotatable bonds is 3. The molecule has 0 amide bonds. The molecule has 2 rings (SSSR count). The van der Waals surface area contributed by atoms with E-state index in [1.165, 1.54) is 18.4 Å². The summed E-state index contributed by atoms with van der Waals surface area (Å²) in [4.78, 5) is 11.7. The minimum Gasteiger partial charge on any atom is -0.460 e. The molecule has 0 bridgehead atoms. The van der Waals surface area contributed by atoms with Crippen molar-refractivity contribution in [2.75, 3.05) is 6.54 Å². The average molecular weight is 261 g/mol. The van der Waals surface area contributed by atoms with Crippen molar-refractivity contribution in [2.45, 2.75) is 46.3 Å². The minimum atomic E-state index is -0.437. The number of ether oxygens (including phenoxy) is 1. The predicted octanol–water partition coefficient (Wildman–Crippen LogP) is 3.20. The third kappa shape index (κ3) is 3.80. The lowest BCUT2D eigenvalue weighted by Gasteiger charge is -2.17. The van der Waals surface area contributed by atoms with E-state index in [0.29, 0.717) is 12.6 Å². The molecule has 1 aliphatic rings. The van der Waals surface area contributed by atoms with Crippen LogP contribution in [0.2, 0.25) is 0 Å². The standard InChI is InChI=1S/C16H23NO2/c1-16(2,3)15(18)19-11-12-6-8-13(9-7-12)14-5-4-10-17-14/h6-9,14,17H,4-5,10-11H2,1-3H3. The Morgan fingerprint density at radius 3 is 2.53 bits per heavy atom. The molecule has 0 saturated carbocycles. The number of nitrogens with one attached hydrogen (secondary N) is 1. The SMILES string of the molecule is CC(C)(C)C(=O)OCc1ccc(C2CCCN2)cc1. The molecule has 1 aliphatic heterocycles. The van der Waals surface area contributed by atoms with Crippen LogP contribution in [-0.4, -0.2) is 12.5 Å². The van der Waals surface area contributed by atoms with Crippen LogP contribution in [0.3, 0.4) is 0 Å². The Hall–Kier alpha value is -1.35. The highest BCUT2D eigenvalue weighted by Crippen LogP contribution is 2.23. The van der Waals surface area contributed by atoms with Gasteiger partial charge in [-0.15, -0.1) is 0 Å². The molecule has 1 unspecified atom stereocenters. The van der Waals surface area contributed by atoms with Gasteiger partial charge < -0.3 is 10.1 Å². The van der Waals surface area contributed by atoms with E-state index in [4.69, 9.17) is 4.74 Å². The highest BCUT2D eigenvalue weighted by Gasteiger charge is 2.23. The van der Waals surface area contributed by atoms with Crippen LogP contribution in [0.15, 0.2) is 24.3 Å². The van der Waals surface area contributed by atoms with Crippen LogP contribution in [0.25, 0.3) is 0 Å². The van der Waals surface area contributed by atoms with Gasteiger partial charge in [0.15, 0.2) is 0 Å². The van der Waals surface area contributed by atoms with Crippen molar-refractivity contribution < 1.29 is 9.53 Å². The van der Waals surface area contributed by atoms with Gasteiger partial charge in [0.05, 0.1) is 5.41 Å². The summed E-state index contributed by atoms with van der Waals surface area (Å²) in [7, 11) is 0. The molecule has 1 aromatic carbocycles. The molecule has 3 heteroatoms. The van der Waals surface area contributed by atoms with Crippen LogP contribution in [0, 0.1) is 5.41 Å². The molecule has 3 nitrogen and oxygen atoms in total. The smallest absolute Gasteiger partial charge is 0.311 e. The molecule has 0 aromatic heterocycles. The van der Waals surface area contributed by atoms with Gasteiger partial charge in [0.25, 0.3) is 0 Å². The first-order valence-corrected chi connectivity index (χ1v) is 6.96. The number of carbonyl (C=O) groups is 1. The van der Waals surface area contributed by atoms with Crippen LogP contribution in [0.5, 0.6) is 0 Å². The lowest BCUT2D eigenvalue weighted by molar-refractivity contribution is -0.154. The van der Waals surface area contributed by atoms with E-state index in [-0.39, 0.29) is 5.97 Å². The Morgan fingerprint density at radius 2 is 2.00 bits per heavy atom. The van der Waals surface area contributed by atoms with Crippen LogP contribution in [0.4, 0.5) is 0 Å². The zero-order valence-corrected chi connectivity index (χ0v) is 12.0. The molecule has 0 aliphatic carbocycles. The Bertz CT molecular complexity index is 425. The van der Waals surface area contributed by atoms with Crippen LogP contribution < -0.4 is 5.32 Å². The molecule has 19 heavy (non-hydrogen) atoms. The van der Waals surface area contributed by atoms with Gasteiger partial charge in [0.2, 0.25) is 0 Å². The Balaban J connectivity index is 1.90. The largest absolute Gasteiger partial charge is 0.460 e. The fourth-order valence-electron chi connectivity index (χ4n) is 2.18. The second-order valence-electron chi connectivity index (χ2n) is 6.22. The summed E-state index contributed by atoms with van der Waals surface area (Å²) >= 11 is 0. The van der Waals surface area contributed by atoms with Crippen LogP contribution in [0.1, 0.15) is 50.8 Å². The summed E-state index contributed by atoms with van der Waals surface area (Å²) < 4.78 is 5.30. The second kappa shape index (κ2) is 5.74. The normalized spacial score (nSPS) is 19.4. The summed E-state index contributed by atoms with van der Waals surface area (Å²) in [5.74, 6) is -0.158. The fourth-order valence-corrected chi connectivity index (χ4v) is 2.18. The van der Waals surface area contributed by atoms with E-state index in [9.17, 15) is 4.79 Å². The van der Waals surface area contributed by atoms with E-state index in [1.807, 2.05) is 32.9 Å². The molecule has 0 spiro atoms. The first-order valence-electron chi connectivity index (χ1n) is 6.96. The maximum Gasteiger partial charge on any atom is 0.311 e. The third-order valence-corrected chi connectivity index (χ3v) is 3.42. The Kier molecular flexibility index (Phi) is 4.25. The van der Waals surface area contributed by atoms with E-state index in [0.717, 1.165) is 12.1 Å². The highest BCUT2D eigenvalue weighted by molar-refractivity contribution is 5.75. The molecule has 1 fully saturated rings. The van der Waals surface area contributed by atoms with E-state index in [2.05, 4.69) is 17.4 Å². The van der Waals surface area contributed by atoms with Crippen molar-refractivity contribution in [3.05, 3.63) is 35.4 Å². The summed E-state index contributed by atoms with van der Waals surface area (Å²) in [6.07, 6.45) is 2.45. The maximum atomic E-state index is 11.7. The van der Waals surface area contributed by atoms with E-state index in [1.54, 1.807) is 0 Å². The lowest BCUT2D eigenvalue weighted by Crippen LogP contribution is -2.22. The Morgan fingerprint density at radius 1 is 1.32 bits per heavy atom. The highest BCUT2D eigenvalue weighted by atomic mass is 16.5. The summed E-state index contributed by atoms with van der Waals surface area (Å²) in [6, 6.07) is 8.84. The fraction of sp³-hybridized carbons (Fsp3) is 0.562. The molecule has 1 saturated heterocycles. The monoisotopic (exact) mass is 261 g/mol. The van der Waals surface area contributed by atoms with Gasteiger partial charge in [-0.25, -0.2) is 0 Å². The van der Waals surface area contributed by atoms with Gasteiger partial charge in [-0.1, -0.05) is 24.3 Å². The zero-order valence-electron chi connectivity index (χ0n) is 12.0.